The summed E-state index contributed by atoms with van der Waals surface area (Å²) in [6, 6.07) is 7.86. The maximum absolute atomic E-state index is 5.69. The van der Waals surface area contributed by atoms with Crippen LogP contribution in [0.5, 0.6) is 0 Å². The summed E-state index contributed by atoms with van der Waals surface area (Å²) in [6.07, 6.45) is 5.05. The molecule has 0 unspecified atom stereocenters. The first-order valence-corrected chi connectivity index (χ1v) is 6.04. The summed E-state index contributed by atoms with van der Waals surface area (Å²) < 4.78 is 2.20. The molecule has 0 fully saturated rings. The number of benzene rings is 1. The molecule has 0 radical (unpaired) electrons. The average Bonchev–Trinajstić information content (AvgIpc) is 2.75. The lowest BCUT2D eigenvalue weighted by Gasteiger charge is -2.09. The monoisotopic (exact) mass is 229 g/mol. The van der Waals surface area contributed by atoms with Gasteiger partial charge in [0.2, 0.25) is 0 Å². The molecule has 2 aromatic rings. The van der Waals surface area contributed by atoms with Crippen LogP contribution >= 0.6 is 0 Å². The van der Waals surface area contributed by atoms with Crippen molar-refractivity contribution < 1.29 is 0 Å². The summed E-state index contributed by atoms with van der Waals surface area (Å²) in [6.45, 7) is 5.48. The second-order valence-electron chi connectivity index (χ2n) is 4.75. The Kier molecular flexibility index (Phi) is 3.47. The highest BCUT2D eigenvalue weighted by Crippen LogP contribution is 2.19. The number of hydrogen-bond acceptors (Lipinski definition) is 2. The van der Waals surface area contributed by atoms with Crippen LogP contribution in [0.4, 0.5) is 5.69 Å². The third-order valence-electron chi connectivity index (χ3n) is 2.83. The van der Waals surface area contributed by atoms with Gasteiger partial charge >= 0.3 is 0 Å². The van der Waals surface area contributed by atoms with Gasteiger partial charge in [-0.1, -0.05) is 13.8 Å². The lowest BCUT2D eigenvalue weighted by Crippen LogP contribution is -2.02. The molecule has 0 spiro atoms. The van der Waals surface area contributed by atoms with Gasteiger partial charge in [-0.3, -0.25) is 0 Å². The molecule has 0 aliphatic heterocycles. The molecular weight excluding hydrogens is 210 g/mol. The van der Waals surface area contributed by atoms with Crippen molar-refractivity contribution >= 4 is 5.69 Å². The van der Waals surface area contributed by atoms with Crippen molar-refractivity contribution in [2.24, 2.45) is 5.92 Å². The highest BCUT2D eigenvalue weighted by Gasteiger charge is 2.06. The van der Waals surface area contributed by atoms with Crippen LogP contribution in [-0.2, 0) is 6.54 Å². The van der Waals surface area contributed by atoms with Crippen molar-refractivity contribution in [3.8, 4) is 11.4 Å². The second-order valence-corrected chi connectivity index (χ2v) is 4.75. The fourth-order valence-corrected chi connectivity index (χ4v) is 1.78. The smallest absolute Gasteiger partial charge is 0.139 e. The van der Waals surface area contributed by atoms with Gasteiger partial charge in [-0.2, -0.15) is 0 Å². The Morgan fingerprint density at radius 1 is 1.24 bits per heavy atom. The molecule has 1 aromatic heterocycles. The predicted molar refractivity (Wildman–Crippen MR) is 71.5 cm³/mol. The zero-order chi connectivity index (χ0) is 12.3. The fraction of sp³-hybridized carbons (Fsp3) is 0.357. The molecule has 0 atom stereocenters. The third-order valence-corrected chi connectivity index (χ3v) is 2.83. The summed E-state index contributed by atoms with van der Waals surface area (Å²) >= 11 is 0. The standard InChI is InChI=1S/C14H19N3/c1-11(2)7-9-17-10-8-16-14(17)12-3-5-13(15)6-4-12/h3-6,8,10-11H,7,9,15H2,1-2H3. The molecule has 0 aliphatic carbocycles. The van der Waals surface area contributed by atoms with E-state index in [4.69, 9.17) is 5.73 Å². The van der Waals surface area contributed by atoms with Gasteiger partial charge in [-0.25, -0.2) is 4.98 Å². The number of rotatable bonds is 4. The summed E-state index contributed by atoms with van der Waals surface area (Å²) in [5.74, 6) is 1.72. The van der Waals surface area contributed by atoms with Gasteiger partial charge in [0, 0.05) is 30.2 Å². The van der Waals surface area contributed by atoms with Crippen LogP contribution in [0.2, 0.25) is 0 Å². The molecular formula is C14H19N3. The molecule has 2 rings (SSSR count). The molecule has 0 saturated carbocycles. The lowest BCUT2D eigenvalue weighted by molar-refractivity contribution is 0.519. The van der Waals surface area contributed by atoms with Crippen molar-refractivity contribution in [3.05, 3.63) is 36.7 Å². The average molecular weight is 229 g/mol. The number of anilines is 1. The zero-order valence-electron chi connectivity index (χ0n) is 10.4. The Hall–Kier alpha value is -1.77. The second kappa shape index (κ2) is 5.04. The Balaban J connectivity index is 2.21. The van der Waals surface area contributed by atoms with E-state index in [1.807, 2.05) is 36.7 Å². The topological polar surface area (TPSA) is 43.8 Å². The summed E-state index contributed by atoms with van der Waals surface area (Å²) in [4.78, 5) is 4.42. The van der Waals surface area contributed by atoms with Crippen LogP contribution in [-0.4, -0.2) is 9.55 Å². The zero-order valence-corrected chi connectivity index (χ0v) is 10.4. The first-order valence-electron chi connectivity index (χ1n) is 6.04. The highest BCUT2D eigenvalue weighted by molar-refractivity contribution is 5.59. The van der Waals surface area contributed by atoms with Crippen LogP contribution in [0, 0.1) is 5.92 Å². The quantitative estimate of drug-likeness (QED) is 0.818. The number of nitrogens with zero attached hydrogens (tertiary/aromatic N) is 2. The van der Waals surface area contributed by atoms with E-state index in [0.717, 1.165) is 23.6 Å². The number of imidazole rings is 1. The number of nitrogen functional groups attached to an aromatic ring is 1. The van der Waals surface area contributed by atoms with E-state index in [1.54, 1.807) is 0 Å². The van der Waals surface area contributed by atoms with E-state index in [0.29, 0.717) is 5.92 Å². The molecule has 0 bridgehead atoms. The first kappa shape index (κ1) is 11.7. The van der Waals surface area contributed by atoms with Crippen molar-refractivity contribution in [3.63, 3.8) is 0 Å². The van der Waals surface area contributed by atoms with Gasteiger partial charge in [0.15, 0.2) is 0 Å². The Morgan fingerprint density at radius 2 is 1.94 bits per heavy atom. The number of hydrogen-bond donors (Lipinski definition) is 1. The molecule has 1 aromatic carbocycles. The highest BCUT2D eigenvalue weighted by atomic mass is 15.1. The third kappa shape index (κ3) is 2.87. The SMILES string of the molecule is CC(C)CCn1ccnc1-c1ccc(N)cc1. The Bertz CT molecular complexity index is 468. The number of nitrogens with two attached hydrogens (primary N) is 1. The van der Waals surface area contributed by atoms with E-state index in [2.05, 4.69) is 23.4 Å². The van der Waals surface area contributed by atoms with Gasteiger partial charge in [-0.15, -0.1) is 0 Å². The molecule has 3 nitrogen and oxygen atoms in total. The predicted octanol–water partition coefficient (Wildman–Crippen LogP) is 3.18. The minimum Gasteiger partial charge on any atom is -0.399 e. The molecule has 2 N–H and O–H groups in total. The minimum atomic E-state index is 0.705. The molecule has 90 valence electrons. The summed E-state index contributed by atoms with van der Waals surface area (Å²) in [7, 11) is 0. The van der Waals surface area contributed by atoms with Crippen molar-refractivity contribution in [2.45, 2.75) is 26.8 Å². The summed E-state index contributed by atoms with van der Waals surface area (Å²) in [5.41, 5.74) is 7.59. The fourth-order valence-electron chi connectivity index (χ4n) is 1.78. The molecule has 3 heteroatoms. The van der Waals surface area contributed by atoms with Crippen LogP contribution in [0.3, 0.4) is 0 Å². The minimum absolute atomic E-state index is 0.705. The van der Waals surface area contributed by atoms with Crippen molar-refractivity contribution in [1.29, 1.82) is 0 Å². The molecule has 17 heavy (non-hydrogen) atoms. The van der Waals surface area contributed by atoms with E-state index in [1.165, 1.54) is 6.42 Å². The summed E-state index contributed by atoms with van der Waals surface area (Å²) in [5, 5.41) is 0. The molecule has 0 saturated heterocycles. The molecule has 1 heterocycles. The number of aromatic nitrogens is 2. The van der Waals surface area contributed by atoms with Crippen LogP contribution in [0.15, 0.2) is 36.7 Å². The van der Waals surface area contributed by atoms with Crippen molar-refractivity contribution in [1.82, 2.24) is 9.55 Å². The Morgan fingerprint density at radius 3 is 2.59 bits per heavy atom. The van der Waals surface area contributed by atoms with Crippen LogP contribution < -0.4 is 5.73 Å². The lowest BCUT2D eigenvalue weighted by atomic mass is 10.1. The number of aryl methyl sites for hydroxylation is 1. The van der Waals surface area contributed by atoms with E-state index >= 15 is 0 Å². The van der Waals surface area contributed by atoms with Crippen LogP contribution in [0.25, 0.3) is 11.4 Å². The van der Waals surface area contributed by atoms with E-state index < -0.39 is 0 Å². The maximum Gasteiger partial charge on any atom is 0.139 e. The van der Waals surface area contributed by atoms with Crippen LogP contribution in [0.1, 0.15) is 20.3 Å². The van der Waals surface area contributed by atoms with Gasteiger partial charge in [0.05, 0.1) is 0 Å². The first-order chi connectivity index (χ1) is 8.16. The van der Waals surface area contributed by atoms with Crippen molar-refractivity contribution in [2.75, 3.05) is 5.73 Å². The normalized spacial score (nSPS) is 11.0. The largest absolute Gasteiger partial charge is 0.399 e. The van der Waals surface area contributed by atoms with Gasteiger partial charge < -0.3 is 10.3 Å². The van der Waals surface area contributed by atoms with Gasteiger partial charge in [0.25, 0.3) is 0 Å². The van der Waals surface area contributed by atoms with E-state index in [9.17, 15) is 0 Å². The van der Waals surface area contributed by atoms with Gasteiger partial charge in [0.1, 0.15) is 5.82 Å². The Labute approximate surface area is 102 Å². The molecule has 0 amide bonds. The van der Waals surface area contributed by atoms with E-state index in [-0.39, 0.29) is 0 Å². The van der Waals surface area contributed by atoms with Gasteiger partial charge in [-0.05, 0) is 36.6 Å². The maximum atomic E-state index is 5.69. The molecule has 0 aliphatic rings.